The van der Waals surface area contributed by atoms with Crippen LogP contribution < -0.4 is 12.4 Å². The predicted octanol–water partition coefficient (Wildman–Crippen LogP) is 2.51. The van der Waals surface area contributed by atoms with Gasteiger partial charge in [0.2, 0.25) is 6.23 Å². The molecule has 0 spiro atoms. The van der Waals surface area contributed by atoms with Crippen molar-refractivity contribution in [3.63, 3.8) is 0 Å². The van der Waals surface area contributed by atoms with E-state index in [1.807, 2.05) is 0 Å². The van der Waals surface area contributed by atoms with Crippen molar-refractivity contribution in [1.82, 2.24) is 0 Å². The Kier molecular flexibility index (Phi) is 13.8. The second-order valence-corrected chi connectivity index (χ2v) is 6.95. The number of hydrogen-bond donors (Lipinski definition) is 0. The van der Waals surface area contributed by atoms with Gasteiger partial charge in [-0.15, -0.1) is 0 Å². The number of likely N-dealkylation sites (N-methyl/N-ethyl adjacent to an activating group) is 1. The Hall–Kier alpha value is 0.210. The summed E-state index contributed by atoms with van der Waals surface area (Å²) in [5.41, 5.74) is 0. The first-order chi connectivity index (χ1) is 10.3. The molecule has 0 radical (unpaired) electrons. The molecule has 0 saturated carbocycles. The van der Waals surface area contributed by atoms with E-state index < -0.39 is 0 Å². The molecule has 1 heterocycles. The predicted molar refractivity (Wildman–Crippen MR) is 92.4 cm³/mol. The number of epoxide rings is 1. The molecule has 0 amide bonds. The van der Waals surface area contributed by atoms with Gasteiger partial charge >= 0.3 is 0 Å². The number of quaternary nitrogens is 1. The first kappa shape index (κ1) is 22.2. The molecule has 2 atom stereocenters. The maximum absolute atomic E-state index is 5.63. The molecular formula is C19H40ClNO. The Bertz CT molecular complexity index is 246. The van der Waals surface area contributed by atoms with Crippen molar-refractivity contribution in [3.05, 3.63) is 0 Å². The van der Waals surface area contributed by atoms with Crippen LogP contribution in [0.2, 0.25) is 0 Å². The van der Waals surface area contributed by atoms with Crippen LogP contribution in [0.25, 0.3) is 0 Å². The summed E-state index contributed by atoms with van der Waals surface area (Å²) in [4.78, 5) is 0. The van der Waals surface area contributed by atoms with Crippen molar-refractivity contribution in [3.8, 4) is 0 Å². The van der Waals surface area contributed by atoms with Gasteiger partial charge in [0.1, 0.15) is 6.61 Å². The van der Waals surface area contributed by atoms with Crippen LogP contribution in [0.3, 0.4) is 0 Å². The first-order valence-electron chi connectivity index (χ1n) is 9.76. The van der Waals surface area contributed by atoms with Crippen LogP contribution >= 0.6 is 0 Å². The minimum Gasteiger partial charge on any atom is -1.00 e. The quantitative estimate of drug-likeness (QED) is 0.255. The number of ether oxygens (including phenoxy) is 1. The largest absolute Gasteiger partial charge is 1.00 e. The van der Waals surface area contributed by atoms with Crippen LogP contribution in [-0.2, 0) is 4.74 Å². The van der Waals surface area contributed by atoms with E-state index in [-0.39, 0.29) is 12.4 Å². The maximum Gasteiger partial charge on any atom is 0.217 e. The third-order valence-corrected chi connectivity index (χ3v) is 5.18. The SMILES string of the molecule is CCCCCCCCCCCC[N+](CC)(CCC)C1CO1.[Cl-]. The molecule has 1 aliphatic heterocycles. The lowest BCUT2D eigenvalue weighted by Gasteiger charge is -2.36. The Balaban J connectivity index is 0.00000441. The summed E-state index contributed by atoms with van der Waals surface area (Å²) in [6, 6.07) is 0. The lowest BCUT2D eigenvalue weighted by atomic mass is 10.1. The summed E-state index contributed by atoms with van der Waals surface area (Å²) in [5, 5.41) is 0. The maximum atomic E-state index is 5.63. The Labute approximate surface area is 146 Å². The van der Waals surface area contributed by atoms with Gasteiger partial charge in [-0.05, 0) is 26.2 Å². The van der Waals surface area contributed by atoms with Gasteiger partial charge in [0.15, 0.2) is 0 Å². The van der Waals surface area contributed by atoms with Gasteiger partial charge in [-0.25, -0.2) is 0 Å². The zero-order valence-electron chi connectivity index (χ0n) is 15.4. The smallest absolute Gasteiger partial charge is 0.217 e. The van der Waals surface area contributed by atoms with E-state index in [1.165, 1.54) is 94.7 Å². The minimum absolute atomic E-state index is 0. The molecule has 0 aromatic heterocycles. The van der Waals surface area contributed by atoms with Crippen LogP contribution in [-0.4, -0.2) is 37.0 Å². The van der Waals surface area contributed by atoms with E-state index in [1.54, 1.807) is 0 Å². The lowest BCUT2D eigenvalue weighted by molar-refractivity contribution is -0.946. The van der Waals surface area contributed by atoms with Gasteiger partial charge in [-0.1, -0.05) is 65.2 Å². The van der Waals surface area contributed by atoms with E-state index >= 15 is 0 Å². The topological polar surface area (TPSA) is 12.5 Å². The van der Waals surface area contributed by atoms with Crippen LogP contribution in [0.5, 0.6) is 0 Å². The fraction of sp³-hybridized carbons (Fsp3) is 1.00. The molecular weight excluding hydrogens is 294 g/mol. The summed E-state index contributed by atoms with van der Waals surface area (Å²) in [6.07, 6.45) is 16.1. The number of unbranched alkanes of at least 4 members (excludes halogenated alkanes) is 9. The van der Waals surface area contributed by atoms with Gasteiger partial charge in [0.25, 0.3) is 0 Å². The number of halogens is 1. The van der Waals surface area contributed by atoms with Crippen LogP contribution in [0.15, 0.2) is 0 Å². The molecule has 0 N–H and O–H groups in total. The second-order valence-electron chi connectivity index (χ2n) is 6.95. The minimum atomic E-state index is 0. The highest BCUT2D eigenvalue weighted by Gasteiger charge is 2.44. The summed E-state index contributed by atoms with van der Waals surface area (Å²) in [7, 11) is 0. The zero-order chi connectivity index (χ0) is 15.4. The average Bonchev–Trinajstić information content (AvgIpc) is 3.33. The molecule has 2 unspecified atom stereocenters. The summed E-state index contributed by atoms with van der Waals surface area (Å²) < 4.78 is 6.86. The average molecular weight is 334 g/mol. The Morgan fingerprint density at radius 1 is 0.727 bits per heavy atom. The van der Waals surface area contributed by atoms with E-state index in [2.05, 4.69) is 20.8 Å². The number of nitrogens with zero attached hydrogens (tertiary/aromatic N) is 1. The molecule has 1 aliphatic rings. The lowest BCUT2D eigenvalue weighted by Crippen LogP contribution is -3.00. The van der Waals surface area contributed by atoms with E-state index in [0.29, 0.717) is 6.23 Å². The van der Waals surface area contributed by atoms with Gasteiger partial charge in [0.05, 0.1) is 19.6 Å². The highest BCUT2D eigenvalue weighted by Crippen LogP contribution is 2.26. The zero-order valence-corrected chi connectivity index (χ0v) is 16.2. The number of rotatable bonds is 15. The summed E-state index contributed by atoms with van der Waals surface area (Å²) >= 11 is 0. The van der Waals surface area contributed by atoms with Gasteiger partial charge < -0.3 is 17.1 Å². The van der Waals surface area contributed by atoms with Crippen molar-refractivity contribution >= 4 is 0 Å². The van der Waals surface area contributed by atoms with Crippen molar-refractivity contribution < 1.29 is 21.6 Å². The fourth-order valence-electron chi connectivity index (χ4n) is 3.64. The molecule has 0 aromatic rings. The number of hydrogen-bond acceptors (Lipinski definition) is 1. The highest BCUT2D eigenvalue weighted by atomic mass is 35.5. The molecule has 0 aromatic carbocycles. The monoisotopic (exact) mass is 333 g/mol. The molecule has 2 nitrogen and oxygen atoms in total. The first-order valence-corrected chi connectivity index (χ1v) is 9.76. The van der Waals surface area contributed by atoms with Crippen molar-refractivity contribution in [2.24, 2.45) is 0 Å². The van der Waals surface area contributed by atoms with Crippen molar-refractivity contribution in [2.45, 2.75) is 97.6 Å². The molecule has 1 fully saturated rings. The molecule has 0 aliphatic carbocycles. The summed E-state index contributed by atoms with van der Waals surface area (Å²) in [6.45, 7) is 11.8. The van der Waals surface area contributed by atoms with E-state index in [0.717, 1.165) is 6.61 Å². The second kappa shape index (κ2) is 13.6. The van der Waals surface area contributed by atoms with Gasteiger partial charge in [-0.3, -0.25) is 4.48 Å². The third-order valence-electron chi connectivity index (χ3n) is 5.18. The summed E-state index contributed by atoms with van der Waals surface area (Å²) in [5.74, 6) is 0. The van der Waals surface area contributed by atoms with E-state index in [4.69, 9.17) is 4.74 Å². The molecule has 3 heteroatoms. The third kappa shape index (κ3) is 8.74. The fourth-order valence-corrected chi connectivity index (χ4v) is 3.64. The standard InChI is InChI=1S/C19H40NO.ClH/c1-4-7-8-9-10-11-12-13-14-15-17-20(6-3,16-5-2)19-18-21-19;/h19H,4-18H2,1-3H3;1H/q+1;/p-1. The van der Waals surface area contributed by atoms with Crippen LogP contribution in [0.1, 0.15) is 91.4 Å². The molecule has 134 valence electrons. The Morgan fingerprint density at radius 3 is 1.64 bits per heavy atom. The van der Waals surface area contributed by atoms with Gasteiger partial charge in [-0.2, -0.15) is 0 Å². The van der Waals surface area contributed by atoms with E-state index in [9.17, 15) is 0 Å². The van der Waals surface area contributed by atoms with Crippen LogP contribution in [0.4, 0.5) is 0 Å². The van der Waals surface area contributed by atoms with Crippen LogP contribution in [0, 0.1) is 0 Å². The molecule has 0 bridgehead atoms. The normalized spacial score (nSPS) is 19.5. The van der Waals surface area contributed by atoms with Crippen molar-refractivity contribution in [2.75, 3.05) is 26.2 Å². The van der Waals surface area contributed by atoms with Gasteiger partial charge in [0, 0.05) is 0 Å². The Morgan fingerprint density at radius 2 is 1.23 bits per heavy atom. The van der Waals surface area contributed by atoms with Crippen molar-refractivity contribution in [1.29, 1.82) is 0 Å². The molecule has 1 rings (SSSR count). The molecule has 22 heavy (non-hydrogen) atoms. The molecule has 1 saturated heterocycles. The highest BCUT2D eigenvalue weighted by molar-refractivity contribution is 4.61.